The van der Waals surface area contributed by atoms with Crippen molar-refractivity contribution in [3.63, 3.8) is 0 Å². The summed E-state index contributed by atoms with van der Waals surface area (Å²) in [6, 6.07) is 3.66. The van der Waals surface area contributed by atoms with E-state index in [1.165, 1.54) is 19.1 Å². The third kappa shape index (κ3) is 3.03. The molecule has 16 heavy (non-hydrogen) atoms. The van der Waals surface area contributed by atoms with E-state index in [1.54, 1.807) is 0 Å². The summed E-state index contributed by atoms with van der Waals surface area (Å²) in [5.74, 6) is -2.94. The van der Waals surface area contributed by atoms with E-state index >= 15 is 0 Å². The summed E-state index contributed by atoms with van der Waals surface area (Å²) in [6.07, 6.45) is -0.156. The zero-order valence-corrected chi connectivity index (χ0v) is 9.29. The van der Waals surface area contributed by atoms with E-state index in [0.29, 0.717) is 0 Å². The van der Waals surface area contributed by atoms with Crippen LogP contribution in [0.2, 0.25) is 5.02 Å². The fraction of sp³-hybridized carbons (Fsp3) is 0.273. The van der Waals surface area contributed by atoms with Gasteiger partial charge in [0.25, 0.3) is 0 Å². The number of carbonyl (C=O) groups is 2. The summed E-state index contributed by atoms with van der Waals surface area (Å²) in [6.45, 7) is 1.42. The van der Waals surface area contributed by atoms with Gasteiger partial charge in [0.15, 0.2) is 5.78 Å². The van der Waals surface area contributed by atoms with E-state index in [1.807, 2.05) is 0 Å². The van der Waals surface area contributed by atoms with Crippen molar-refractivity contribution in [2.24, 2.45) is 5.92 Å². The number of benzene rings is 1. The average Bonchev–Trinajstić information content (AvgIpc) is 2.21. The first kappa shape index (κ1) is 12.6. The number of Topliss-reactive ketones (excluding diaryl/α,β-unsaturated/α-hetero) is 1. The molecule has 0 heterocycles. The monoisotopic (exact) mass is 244 g/mol. The Bertz CT molecular complexity index is 431. The molecule has 0 aliphatic heterocycles. The Morgan fingerprint density at radius 3 is 2.62 bits per heavy atom. The van der Waals surface area contributed by atoms with Crippen molar-refractivity contribution < 1.29 is 19.1 Å². The van der Waals surface area contributed by atoms with E-state index in [4.69, 9.17) is 16.7 Å². The van der Waals surface area contributed by atoms with Crippen LogP contribution in [0.3, 0.4) is 0 Å². The van der Waals surface area contributed by atoms with Gasteiger partial charge in [0.1, 0.15) is 5.82 Å². The second-order valence-corrected chi connectivity index (χ2v) is 3.90. The second kappa shape index (κ2) is 5.07. The Labute approximate surface area is 96.8 Å². The Morgan fingerprint density at radius 1 is 1.50 bits per heavy atom. The highest BCUT2D eigenvalue weighted by atomic mass is 35.5. The minimum Gasteiger partial charge on any atom is -0.481 e. The smallest absolute Gasteiger partial charge is 0.306 e. The minimum atomic E-state index is -1.05. The maximum absolute atomic E-state index is 13.0. The van der Waals surface area contributed by atoms with Gasteiger partial charge in [0.05, 0.1) is 10.9 Å². The standard InChI is InChI=1S/C11H10ClFO3/c1-6(11(15)16)4-10(14)7-2-3-8(12)9(13)5-7/h2-3,5-6H,4H2,1H3,(H,15,16). The molecule has 0 fully saturated rings. The van der Waals surface area contributed by atoms with Gasteiger partial charge in [0, 0.05) is 12.0 Å². The first-order valence-corrected chi connectivity index (χ1v) is 5.00. The molecular weight excluding hydrogens is 235 g/mol. The van der Waals surface area contributed by atoms with Crippen molar-refractivity contribution in [1.29, 1.82) is 0 Å². The summed E-state index contributed by atoms with van der Waals surface area (Å²) >= 11 is 5.46. The van der Waals surface area contributed by atoms with E-state index in [2.05, 4.69) is 0 Å². The van der Waals surface area contributed by atoms with Gasteiger partial charge in [-0.15, -0.1) is 0 Å². The lowest BCUT2D eigenvalue weighted by molar-refractivity contribution is -0.141. The van der Waals surface area contributed by atoms with Gasteiger partial charge in [-0.2, -0.15) is 0 Å². The highest BCUT2D eigenvalue weighted by Crippen LogP contribution is 2.17. The normalized spacial score (nSPS) is 12.2. The molecule has 5 heteroatoms. The van der Waals surface area contributed by atoms with Crippen LogP contribution >= 0.6 is 11.6 Å². The molecule has 0 aliphatic rings. The van der Waals surface area contributed by atoms with Gasteiger partial charge in [-0.05, 0) is 18.2 Å². The molecular formula is C11H10ClFO3. The lowest BCUT2D eigenvalue weighted by Crippen LogP contribution is -2.14. The summed E-state index contributed by atoms with van der Waals surface area (Å²) in [5.41, 5.74) is 0.134. The fourth-order valence-electron chi connectivity index (χ4n) is 1.15. The van der Waals surface area contributed by atoms with Crippen LogP contribution in [0.4, 0.5) is 4.39 Å². The lowest BCUT2D eigenvalue weighted by Gasteiger charge is -2.05. The van der Waals surface area contributed by atoms with Gasteiger partial charge < -0.3 is 5.11 Å². The molecule has 0 amide bonds. The molecule has 3 nitrogen and oxygen atoms in total. The maximum Gasteiger partial charge on any atom is 0.306 e. The van der Waals surface area contributed by atoms with Crippen LogP contribution in [0.5, 0.6) is 0 Å². The molecule has 0 saturated heterocycles. The van der Waals surface area contributed by atoms with Crippen LogP contribution in [0, 0.1) is 11.7 Å². The first-order valence-electron chi connectivity index (χ1n) is 4.63. The first-order chi connectivity index (χ1) is 7.41. The molecule has 0 radical (unpaired) electrons. The number of aliphatic carboxylic acids is 1. The van der Waals surface area contributed by atoms with E-state index in [0.717, 1.165) is 6.07 Å². The SMILES string of the molecule is CC(CC(=O)c1ccc(Cl)c(F)c1)C(=O)O. The number of carbonyl (C=O) groups excluding carboxylic acids is 1. The molecule has 0 bridgehead atoms. The predicted octanol–water partition coefficient (Wildman–Crippen LogP) is 2.77. The van der Waals surface area contributed by atoms with Crippen molar-refractivity contribution in [2.45, 2.75) is 13.3 Å². The fourth-order valence-corrected chi connectivity index (χ4v) is 1.27. The number of ketones is 1. The van der Waals surface area contributed by atoms with Crippen LogP contribution in [0.15, 0.2) is 18.2 Å². The molecule has 86 valence electrons. The van der Waals surface area contributed by atoms with Crippen LogP contribution in [0.25, 0.3) is 0 Å². The summed E-state index contributed by atoms with van der Waals surface area (Å²) in [7, 11) is 0. The number of hydrogen-bond acceptors (Lipinski definition) is 2. The Kier molecular flexibility index (Phi) is 4.01. The topological polar surface area (TPSA) is 54.4 Å². The molecule has 0 spiro atoms. The number of halogens is 2. The molecule has 1 N–H and O–H groups in total. The number of carboxylic acids is 1. The minimum absolute atomic E-state index is 0.0668. The largest absolute Gasteiger partial charge is 0.481 e. The molecule has 0 aliphatic carbocycles. The zero-order chi connectivity index (χ0) is 12.3. The molecule has 1 aromatic rings. The van der Waals surface area contributed by atoms with Gasteiger partial charge >= 0.3 is 5.97 Å². The second-order valence-electron chi connectivity index (χ2n) is 3.50. The third-order valence-electron chi connectivity index (χ3n) is 2.15. The summed E-state index contributed by atoms with van der Waals surface area (Å²) in [4.78, 5) is 22.1. The predicted molar refractivity (Wildman–Crippen MR) is 57.2 cm³/mol. The molecule has 1 aromatic carbocycles. The number of rotatable bonds is 4. The Balaban J connectivity index is 2.81. The molecule has 1 rings (SSSR count). The lowest BCUT2D eigenvalue weighted by atomic mass is 10.00. The van der Waals surface area contributed by atoms with Crippen LogP contribution < -0.4 is 0 Å². The average molecular weight is 245 g/mol. The van der Waals surface area contributed by atoms with Crippen LogP contribution in [-0.4, -0.2) is 16.9 Å². The zero-order valence-electron chi connectivity index (χ0n) is 8.54. The Morgan fingerprint density at radius 2 is 2.12 bits per heavy atom. The van der Waals surface area contributed by atoms with Crippen LogP contribution in [0.1, 0.15) is 23.7 Å². The molecule has 0 saturated carbocycles. The van der Waals surface area contributed by atoms with Crippen LogP contribution in [-0.2, 0) is 4.79 Å². The van der Waals surface area contributed by atoms with Gasteiger partial charge in [-0.3, -0.25) is 9.59 Å². The summed E-state index contributed by atoms with van der Waals surface area (Å²) < 4.78 is 13.0. The van der Waals surface area contributed by atoms with Gasteiger partial charge in [0.2, 0.25) is 0 Å². The van der Waals surface area contributed by atoms with Crippen molar-refractivity contribution in [3.05, 3.63) is 34.6 Å². The molecule has 1 atom stereocenters. The molecule has 1 unspecified atom stereocenters. The van der Waals surface area contributed by atoms with Crippen molar-refractivity contribution in [1.82, 2.24) is 0 Å². The Hall–Kier alpha value is -1.42. The van der Waals surface area contributed by atoms with Crippen molar-refractivity contribution in [2.75, 3.05) is 0 Å². The quantitative estimate of drug-likeness (QED) is 0.829. The number of carboxylic acid groups (broad SMARTS) is 1. The van der Waals surface area contributed by atoms with Crippen molar-refractivity contribution >= 4 is 23.4 Å². The van der Waals surface area contributed by atoms with E-state index in [-0.39, 0.29) is 17.0 Å². The van der Waals surface area contributed by atoms with Gasteiger partial charge in [-0.1, -0.05) is 18.5 Å². The molecule has 0 aromatic heterocycles. The van der Waals surface area contributed by atoms with E-state index in [9.17, 15) is 14.0 Å². The highest BCUT2D eigenvalue weighted by molar-refractivity contribution is 6.30. The third-order valence-corrected chi connectivity index (χ3v) is 2.46. The maximum atomic E-state index is 13.0. The summed E-state index contributed by atoms with van der Waals surface area (Å²) in [5, 5.41) is 8.56. The highest BCUT2D eigenvalue weighted by Gasteiger charge is 2.17. The van der Waals surface area contributed by atoms with E-state index < -0.39 is 23.5 Å². The van der Waals surface area contributed by atoms with Gasteiger partial charge in [-0.25, -0.2) is 4.39 Å². The number of hydrogen-bond donors (Lipinski definition) is 1. The van der Waals surface area contributed by atoms with Crippen molar-refractivity contribution in [3.8, 4) is 0 Å².